The van der Waals surface area contributed by atoms with Gasteiger partial charge in [-0.15, -0.1) is 0 Å². The van der Waals surface area contributed by atoms with E-state index >= 15 is 0 Å². The van der Waals surface area contributed by atoms with Crippen molar-refractivity contribution in [2.45, 2.75) is 13.1 Å². The van der Waals surface area contributed by atoms with E-state index in [1.54, 1.807) is 6.07 Å². The zero-order chi connectivity index (χ0) is 24.4. The Morgan fingerprint density at radius 3 is 2.44 bits per heavy atom. The normalized spacial score (nSPS) is 13.5. The highest BCUT2D eigenvalue weighted by atomic mass is 28.3. The van der Waals surface area contributed by atoms with Gasteiger partial charge in [-0.3, -0.25) is 0 Å². The van der Waals surface area contributed by atoms with Gasteiger partial charge >= 0.3 is 0 Å². The van der Waals surface area contributed by atoms with E-state index in [1.165, 1.54) is 43.3 Å². The minimum atomic E-state index is -1.88. The summed E-state index contributed by atoms with van der Waals surface area (Å²) in [5.74, 6) is 0. The third-order valence-electron chi connectivity index (χ3n) is 7.62. The monoisotopic (exact) mass is 477 g/mol. The van der Waals surface area contributed by atoms with E-state index in [1.807, 2.05) is 12.1 Å². The zero-order valence-electron chi connectivity index (χ0n) is 20.2. The number of pyridine rings is 1. The Hall–Kier alpha value is -4.46. The molecule has 6 aromatic rings. The minimum absolute atomic E-state index is 0.428. The van der Waals surface area contributed by atoms with Gasteiger partial charge in [-0.05, 0) is 57.9 Å². The first-order chi connectivity index (χ1) is 17.6. The molecule has 3 nitrogen and oxygen atoms in total. The number of hydrogen-bond donors (Lipinski definition) is 0. The van der Waals surface area contributed by atoms with Gasteiger partial charge in [-0.1, -0.05) is 79.8 Å². The second-order valence-electron chi connectivity index (χ2n) is 9.98. The average Bonchev–Trinajstić information content (AvgIpc) is 3.38. The molecular weight excluding hydrogens is 454 g/mol. The number of fused-ring (bicyclic) bond motifs is 7. The maximum atomic E-state index is 9.32. The van der Waals surface area contributed by atoms with Crippen LogP contribution >= 0.6 is 0 Å². The lowest BCUT2D eigenvalue weighted by Crippen LogP contribution is -2.49. The Morgan fingerprint density at radius 2 is 1.56 bits per heavy atom. The van der Waals surface area contributed by atoms with Gasteiger partial charge in [-0.2, -0.15) is 5.26 Å². The lowest BCUT2D eigenvalue weighted by Gasteiger charge is -2.20. The van der Waals surface area contributed by atoms with Crippen LogP contribution < -0.4 is 10.4 Å². The molecule has 0 unspecified atom stereocenters. The average molecular weight is 478 g/mol. The van der Waals surface area contributed by atoms with Gasteiger partial charge in [0.1, 0.15) is 19.8 Å². The number of nitriles is 1. The first-order valence-electron chi connectivity index (χ1n) is 12.2. The molecule has 0 radical (unpaired) electrons. The Bertz CT molecular complexity index is 1890. The van der Waals surface area contributed by atoms with E-state index in [2.05, 4.69) is 114 Å². The van der Waals surface area contributed by atoms with E-state index in [0.29, 0.717) is 5.69 Å². The highest BCUT2D eigenvalue weighted by Crippen LogP contribution is 2.38. The second-order valence-corrected chi connectivity index (χ2v) is 14.3. The van der Waals surface area contributed by atoms with Crippen molar-refractivity contribution in [3.8, 4) is 34.1 Å². The molecule has 0 N–H and O–H groups in total. The van der Waals surface area contributed by atoms with Crippen molar-refractivity contribution in [1.82, 2.24) is 9.55 Å². The van der Waals surface area contributed by atoms with Crippen LogP contribution in [0.3, 0.4) is 0 Å². The Balaban J connectivity index is 1.54. The Labute approximate surface area is 210 Å². The van der Waals surface area contributed by atoms with Crippen LogP contribution in [-0.4, -0.2) is 17.6 Å². The molecule has 0 bridgehead atoms. The first kappa shape index (κ1) is 20.9. The number of nitrogens with zero attached hydrogens (tertiary/aromatic N) is 3. The molecule has 0 aliphatic carbocycles. The van der Waals surface area contributed by atoms with E-state index in [-0.39, 0.29) is 0 Å². The highest BCUT2D eigenvalue weighted by Gasteiger charge is 2.39. The maximum Gasteiger partial charge on any atom is 0.141 e. The van der Waals surface area contributed by atoms with Crippen molar-refractivity contribution in [3.63, 3.8) is 0 Å². The molecule has 0 saturated carbocycles. The summed E-state index contributed by atoms with van der Waals surface area (Å²) < 4.78 is 2.38. The zero-order valence-corrected chi connectivity index (χ0v) is 21.2. The van der Waals surface area contributed by atoms with Crippen LogP contribution in [0.5, 0.6) is 0 Å². The molecule has 170 valence electrons. The van der Waals surface area contributed by atoms with Gasteiger partial charge in [0.05, 0.1) is 16.7 Å². The summed E-state index contributed by atoms with van der Waals surface area (Å²) in [6.45, 7) is 4.97. The molecule has 2 aromatic heterocycles. The number of para-hydroxylation sites is 1. The molecule has 0 amide bonds. The summed E-state index contributed by atoms with van der Waals surface area (Å²) in [5.41, 5.74) is 8.56. The van der Waals surface area contributed by atoms with Crippen molar-refractivity contribution in [3.05, 3.63) is 109 Å². The fraction of sp³-hybridized carbons (Fsp3) is 0.0625. The SMILES string of the molecule is C[Si]1(C)c2ccccc2-c2ccc3c(c21)c1ccccc1n3-c1cccc(-c2cccc(C#N)n2)c1. The summed E-state index contributed by atoms with van der Waals surface area (Å²) >= 11 is 0. The smallest absolute Gasteiger partial charge is 0.141 e. The molecule has 0 spiro atoms. The predicted molar refractivity (Wildman–Crippen MR) is 151 cm³/mol. The minimum Gasteiger partial charge on any atom is -0.309 e. The maximum absolute atomic E-state index is 9.32. The summed E-state index contributed by atoms with van der Waals surface area (Å²) in [6, 6.07) is 38.6. The van der Waals surface area contributed by atoms with Crippen LogP contribution in [0.2, 0.25) is 13.1 Å². The van der Waals surface area contributed by atoms with Crippen molar-refractivity contribution < 1.29 is 0 Å². The Morgan fingerprint density at radius 1 is 0.750 bits per heavy atom. The molecule has 4 aromatic carbocycles. The van der Waals surface area contributed by atoms with E-state index in [9.17, 15) is 5.26 Å². The summed E-state index contributed by atoms with van der Waals surface area (Å²) in [7, 11) is -1.88. The standard InChI is InChI=1S/C32H23N3Si/c1-36(2)30-16-6-4-12-24(30)25-17-18-29-31(32(25)36)26-13-3-5-15-28(26)35(29)23-11-7-9-21(19-23)27-14-8-10-22(20-33)34-27/h3-19H,1-2H3. The van der Waals surface area contributed by atoms with Crippen LogP contribution in [0, 0.1) is 11.3 Å². The second kappa shape index (κ2) is 7.52. The van der Waals surface area contributed by atoms with Crippen LogP contribution in [-0.2, 0) is 0 Å². The molecule has 3 heterocycles. The molecule has 7 rings (SSSR count). The summed E-state index contributed by atoms with van der Waals surface area (Å²) in [6.07, 6.45) is 0. The van der Waals surface area contributed by atoms with E-state index in [0.717, 1.165) is 16.9 Å². The first-order valence-corrected chi connectivity index (χ1v) is 15.2. The number of aromatic nitrogens is 2. The molecule has 1 aliphatic rings. The molecule has 0 saturated heterocycles. The number of hydrogen-bond acceptors (Lipinski definition) is 2. The highest BCUT2D eigenvalue weighted by molar-refractivity contribution is 7.05. The van der Waals surface area contributed by atoms with Crippen molar-refractivity contribution in [2.24, 2.45) is 0 Å². The quantitative estimate of drug-likeness (QED) is 0.266. The van der Waals surface area contributed by atoms with Gasteiger partial charge < -0.3 is 4.57 Å². The van der Waals surface area contributed by atoms with Crippen LogP contribution in [0.15, 0.2) is 103 Å². The molecule has 36 heavy (non-hydrogen) atoms. The fourth-order valence-electron chi connectivity index (χ4n) is 6.07. The van der Waals surface area contributed by atoms with Gasteiger partial charge in [0.25, 0.3) is 0 Å². The predicted octanol–water partition coefficient (Wildman–Crippen LogP) is 6.52. The van der Waals surface area contributed by atoms with Crippen LogP contribution in [0.25, 0.3) is 49.9 Å². The Kier molecular flexibility index (Phi) is 4.36. The van der Waals surface area contributed by atoms with Gasteiger partial charge in [0, 0.05) is 22.0 Å². The number of benzene rings is 4. The lowest BCUT2D eigenvalue weighted by atomic mass is 10.0. The van der Waals surface area contributed by atoms with Crippen molar-refractivity contribution in [1.29, 1.82) is 5.26 Å². The van der Waals surface area contributed by atoms with Crippen molar-refractivity contribution in [2.75, 3.05) is 0 Å². The van der Waals surface area contributed by atoms with Gasteiger partial charge in [-0.25, -0.2) is 4.98 Å². The number of rotatable bonds is 2. The van der Waals surface area contributed by atoms with E-state index < -0.39 is 8.07 Å². The molecule has 0 fully saturated rings. The van der Waals surface area contributed by atoms with Crippen LogP contribution in [0.4, 0.5) is 0 Å². The van der Waals surface area contributed by atoms with E-state index in [4.69, 9.17) is 0 Å². The van der Waals surface area contributed by atoms with Gasteiger partial charge in [0.2, 0.25) is 0 Å². The summed E-state index contributed by atoms with van der Waals surface area (Å²) in [5, 5.41) is 15.1. The van der Waals surface area contributed by atoms with Crippen molar-refractivity contribution >= 4 is 40.3 Å². The summed E-state index contributed by atoms with van der Waals surface area (Å²) in [4.78, 5) is 4.53. The molecule has 1 aliphatic heterocycles. The molecular formula is C32H23N3Si. The van der Waals surface area contributed by atoms with Crippen LogP contribution in [0.1, 0.15) is 5.69 Å². The molecule has 0 atom stereocenters. The topological polar surface area (TPSA) is 41.6 Å². The lowest BCUT2D eigenvalue weighted by molar-refractivity contribution is 1.18. The largest absolute Gasteiger partial charge is 0.309 e. The third-order valence-corrected chi connectivity index (χ3v) is 11.2. The molecule has 4 heteroatoms. The fourth-order valence-corrected chi connectivity index (χ4v) is 9.52. The third kappa shape index (κ3) is 2.81. The van der Waals surface area contributed by atoms with Gasteiger partial charge in [0.15, 0.2) is 0 Å².